The minimum absolute atomic E-state index is 0.155. The van der Waals surface area contributed by atoms with Crippen molar-refractivity contribution in [3.05, 3.63) is 51.0 Å². The van der Waals surface area contributed by atoms with E-state index < -0.39 is 5.97 Å². The molecule has 5 heteroatoms. The minimum Gasteiger partial charge on any atom is -0.462 e. The number of esters is 1. The summed E-state index contributed by atoms with van der Waals surface area (Å²) in [7, 11) is 0. The number of carbonyl (C=O) groups is 2. The molecule has 0 spiro atoms. The number of H-pyrrole nitrogens is 1. The standard InChI is InChI=1S/C16H17NO3S/c1-4-20-16(19)14-10(2)15(17-11(14)3)13(18)6-5-12-7-8-21-9-12/h5-9,17H,4H2,1-3H3/b6-5+. The largest absolute Gasteiger partial charge is 0.462 e. The molecule has 2 rings (SSSR count). The van der Waals surface area contributed by atoms with Gasteiger partial charge >= 0.3 is 5.97 Å². The van der Waals surface area contributed by atoms with Gasteiger partial charge in [-0.25, -0.2) is 4.79 Å². The number of aromatic nitrogens is 1. The topological polar surface area (TPSA) is 59.2 Å². The molecule has 21 heavy (non-hydrogen) atoms. The lowest BCUT2D eigenvalue weighted by Gasteiger charge is -2.02. The summed E-state index contributed by atoms with van der Waals surface area (Å²) in [5.74, 6) is -0.554. The zero-order chi connectivity index (χ0) is 15.4. The number of aryl methyl sites for hydroxylation is 1. The van der Waals surface area contributed by atoms with Crippen molar-refractivity contribution in [2.45, 2.75) is 20.8 Å². The lowest BCUT2D eigenvalue weighted by atomic mass is 10.1. The molecule has 0 saturated carbocycles. The Labute approximate surface area is 127 Å². The van der Waals surface area contributed by atoms with E-state index in [2.05, 4.69) is 4.98 Å². The Hall–Kier alpha value is -2.14. The fourth-order valence-corrected chi connectivity index (χ4v) is 2.76. The van der Waals surface area contributed by atoms with Crippen LogP contribution in [0, 0.1) is 13.8 Å². The van der Waals surface area contributed by atoms with Gasteiger partial charge in [0.15, 0.2) is 0 Å². The van der Waals surface area contributed by atoms with Crippen LogP contribution in [0.25, 0.3) is 6.08 Å². The van der Waals surface area contributed by atoms with Crippen LogP contribution >= 0.6 is 11.3 Å². The number of ether oxygens (including phenoxy) is 1. The second kappa shape index (κ2) is 6.54. The molecule has 4 nitrogen and oxygen atoms in total. The fourth-order valence-electron chi connectivity index (χ4n) is 2.13. The third-order valence-corrected chi connectivity index (χ3v) is 3.84. The third-order valence-electron chi connectivity index (χ3n) is 3.13. The fraction of sp³-hybridized carbons (Fsp3) is 0.250. The van der Waals surface area contributed by atoms with Gasteiger partial charge in [-0.1, -0.05) is 6.08 Å². The summed E-state index contributed by atoms with van der Waals surface area (Å²) in [5.41, 5.74) is 3.15. The van der Waals surface area contributed by atoms with E-state index in [0.29, 0.717) is 29.1 Å². The van der Waals surface area contributed by atoms with Crippen molar-refractivity contribution in [2.24, 2.45) is 0 Å². The molecule has 2 aromatic rings. The van der Waals surface area contributed by atoms with Gasteiger partial charge in [0.2, 0.25) is 5.78 Å². The van der Waals surface area contributed by atoms with Crippen molar-refractivity contribution in [3.63, 3.8) is 0 Å². The summed E-state index contributed by atoms with van der Waals surface area (Å²) in [4.78, 5) is 27.1. The number of hydrogen-bond donors (Lipinski definition) is 1. The summed E-state index contributed by atoms with van der Waals surface area (Å²) >= 11 is 1.57. The first kappa shape index (κ1) is 15.3. The number of rotatable bonds is 5. The molecule has 0 bridgehead atoms. The molecule has 0 amide bonds. The molecular formula is C16H17NO3S. The van der Waals surface area contributed by atoms with Crippen molar-refractivity contribution in [1.29, 1.82) is 0 Å². The van der Waals surface area contributed by atoms with Crippen LogP contribution in [0.4, 0.5) is 0 Å². The van der Waals surface area contributed by atoms with Gasteiger partial charge in [-0.3, -0.25) is 4.79 Å². The molecule has 110 valence electrons. The van der Waals surface area contributed by atoms with Gasteiger partial charge in [-0.15, -0.1) is 0 Å². The number of thiophene rings is 1. The highest BCUT2D eigenvalue weighted by Gasteiger charge is 2.21. The third kappa shape index (κ3) is 3.31. The van der Waals surface area contributed by atoms with Gasteiger partial charge in [0.05, 0.1) is 17.9 Å². The first-order valence-corrected chi connectivity index (χ1v) is 7.59. The minimum atomic E-state index is -0.399. The normalized spacial score (nSPS) is 11.0. The van der Waals surface area contributed by atoms with E-state index in [1.54, 1.807) is 38.2 Å². The first-order valence-electron chi connectivity index (χ1n) is 6.65. The lowest BCUT2D eigenvalue weighted by Crippen LogP contribution is -2.07. The average Bonchev–Trinajstić information content (AvgIpc) is 3.04. The SMILES string of the molecule is CCOC(=O)c1c(C)[nH]c(C(=O)/C=C/c2ccsc2)c1C. The van der Waals surface area contributed by atoms with E-state index in [9.17, 15) is 9.59 Å². The van der Waals surface area contributed by atoms with E-state index in [-0.39, 0.29) is 5.78 Å². The van der Waals surface area contributed by atoms with Crippen molar-refractivity contribution in [1.82, 2.24) is 4.98 Å². The van der Waals surface area contributed by atoms with Crippen LogP contribution in [-0.2, 0) is 4.74 Å². The summed E-state index contributed by atoms with van der Waals surface area (Å²) in [5, 5.41) is 3.91. The molecule has 1 N–H and O–H groups in total. The summed E-state index contributed by atoms with van der Waals surface area (Å²) in [6, 6.07) is 1.94. The first-order chi connectivity index (χ1) is 10.0. The number of nitrogens with one attached hydrogen (secondary N) is 1. The highest BCUT2D eigenvalue weighted by atomic mass is 32.1. The van der Waals surface area contributed by atoms with Crippen molar-refractivity contribution < 1.29 is 14.3 Å². The van der Waals surface area contributed by atoms with Crippen LogP contribution < -0.4 is 0 Å². The smallest absolute Gasteiger partial charge is 0.340 e. The van der Waals surface area contributed by atoms with Gasteiger partial charge in [-0.2, -0.15) is 11.3 Å². The van der Waals surface area contributed by atoms with E-state index in [4.69, 9.17) is 4.74 Å². The molecule has 0 atom stereocenters. The molecule has 0 unspecified atom stereocenters. The van der Waals surface area contributed by atoms with Crippen molar-refractivity contribution in [3.8, 4) is 0 Å². The van der Waals surface area contributed by atoms with Gasteiger partial charge in [0.25, 0.3) is 0 Å². The van der Waals surface area contributed by atoms with Crippen LogP contribution in [-0.4, -0.2) is 23.3 Å². The Morgan fingerprint density at radius 3 is 2.76 bits per heavy atom. The zero-order valence-electron chi connectivity index (χ0n) is 12.2. The molecule has 0 aliphatic rings. The number of carbonyl (C=O) groups excluding carboxylic acids is 2. The maximum absolute atomic E-state index is 12.2. The van der Waals surface area contributed by atoms with Gasteiger partial charge in [0.1, 0.15) is 0 Å². The second-order valence-electron chi connectivity index (χ2n) is 4.60. The van der Waals surface area contributed by atoms with Gasteiger partial charge in [-0.05, 0) is 54.8 Å². The van der Waals surface area contributed by atoms with Crippen molar-refractivity contribution >= 4 is 29.2 Å². The molecule has 2 aromatic heterocycles. The molecule has 0 saturated heterocycles. The quantitative estimate of drug-likeness (QED) is 0.519. The monoisotopic (exact) mass is 303 g/mol. The maximum Gasteiger partial charge on any atom is 0.340 e. The molecule has 0 radical (unpaired) electrons. The van der Waals surface area contributed by atoms with Crippen LogP contribution in [0.3, 0.4) is 0 Å². The number of ketones is 1. The number of aromatic amines is 1. The Kier molecular flexibility index (Phi) is 4.75. The highest BCUT2D eigenvalue weighted by molar-refractivity contribution is 7.08. The van der Waals surface area contributed by atoms with E-state index in [0.717, 1.165) is 5.56 Å². The number of hydrogen-bond acceptors (Lipinski definition) is 4. The van der Waals surface area contributed by atoms with Crippen LogP contribution in [0.2, 0.25) is 0 Å². The Balaban J connectivity index is 2.26. The molecule has 2 heterocycles. The van der Waals surface area contributed by atoms with Gasteiger partial charge in [0, 0.05) is 5.69 Å². The van der Waals surface area contributed by atoms with E-state index in [1.807, 2.05) is 16.8 Å². The molecule has 0 fully saturated rings. The van der Waals surface area contributed by atoms with E-state index >= 15 is 0 Å². The lowest BCUT2D eigenvalue weighted by molar-refractivity contribution is 0.0525. The summed E-state index contributed by atoms with van der Waals surface area (Å²) in [6.07, 6.45) is 3.27. The van der Waals surface area contributed by atoms with Crippen LogP contribution in [0.1, 0.15) is 44.6 Å². The van der Waals surface area contributed by atoms with Gasteiger partial charge < -0.3 is 9.72 Å². The molecule has 0 aromatic carbocycles. The average molecular weight is 303 g/mol. The summed E-state index contributed by atoms with van der Waals surface area (Å²) in [6.45, 7) is 5.58. The molecular weight excluding hydrogens is 286 g/mol. The summed E-state index contributed by atoms with van der Waals surface area (Å²) < 4.78 is 5.01. The molecule has 0 aliphatic heterocycles. The Bertz CT molecular complexity index is 681. The zero-order valence-corrected chi connectivity index (χ0v) is 13.0. The highest BCUT2D eigenvalue weighted by Crippen LogP contribution is 2.20. The Morgan fingerprint density at radius 2 is 2.14 bits per heavy atom. The van der Waals surface area contributed by atoms with Crippen LogP contribution in [0.15, 0.2) is 22.9 Å². The maximum atomic E-state index is 12.2. The van der Waals surface area contributed by atoms with Crippen LogP contribution in [0.5, 0.6) is 0 Å². The second-order valence-corrected chi connectivity index (χ2v) is 5.38. The number of allylic oxidation sites excluding steroid dienone is 1. The predicted octanol–water partition coefficient (Wildman–Crippen LogP) is 3.77. The van der Waals surface area contributed by atoms with E-state index in [1.165, 1.54) is 6.08 Å². The molecule has 0 aliphatic carbocycles. The Morgan fingerprint density at radius 1 is 1.38 bits per heavy atom. The van der Waals surface area contributed by atoms with Crippen molar-refractivity contribution in [2.75, 3.05) is 6.61 Å². The predicted molar refractivity (Wildman–Crippen MR) is 83.9 cm³/mol.